The molecular formula is C14H24N4. The van der Waals surface area contributed by atoms with Crippen molar-refractivity contribution in [1.29, 1.82) is 0 Å². The Bertz CT molecular complexity index is 378. The van der Waals surface area contributed by atoms with E-state index in [9.17, 15) is 0 Å². The average molecular weight is 248 g/mol. The highest BCUT2D eigenvalue weighted by Gasteiger charge is 2.27. The smallest absolute Gasteiger partial charge is 0.142 e. The Morgan fingerprint density at radius 3 is 2.67 bits per heavy atom. The molecule has 1 aliphatic carbocycles. The summed E-state index contributed by atoms with van der Waals surface area (Å²) in [4.78, 5) is 4.43. The molecule has 18 heavy (non-hydrogen) atoms. The van der Waals surface area contributed by atoms with E-state index in [1.807, 2.05) is 18.2 Å². The second kappa shape index (κ2) is 6.05. The van der Waals surface area contributed by atoms with Gasteiger partial charge in [0, 0.05) is 6.04 Å². The van der Waals surface area contributed by atoms with Gasteiger partial charge in [0.05, 0.1) is 0 Å². The molecule has 4 N–H and O–H groups in total. The highest BCUT2D eigenvalue weighted by Crippen LogP contribution is 2.32. The number of rotatable bonds is 4. The number of hydrogen-bond donors (Lipinski definition) is 3. The van der Waals surface area contributed by atoms with Crippen molar-refractivity contribution in [1.82, 2.24) is 4.98 Å². The molecule has 1 saturated carbocycles. The van der Waals surface area contributed by atoms with Crippen molar-refractivity contribution in [3.8, 4) is 0 Å². The van der Waals surface area contributed by atoms with Crippen molar-refractivity contribution in [3.63, 3.8) is 0 Å². The third kappa shape index (κ3) is 3.13. The van der Waals surface area contributed by atoms with Crippen molar-refractivity contribution in [2.75, 3.05) is 10.7 Å². The van der Waals surface area contributed by atoms with Crippen LogP contribution in [0.2, 0.25) is 0 Å². The summed E-state index contributed by atoms with van der Waals surface area (Å²) in [5, 5.41) is 3.58. The van der Waals surface area contributed by atoms with E-state index in [0.717, 1.165) is 17.7 Å². The Kier molecular flexibility index (Phi) is 4.42. The Hall–Kier alpha value is -1.29. The topological polar surface area (TPSA) is 63.0 Å². The van der Waals surface area contributed by atoms with Crippen LogP contribution in [0.15, 0.2) is 18.2 Å². The second-order valence-electron chi connectivity index (χ2n) is 5.50. The quantitative estimate of drug-likeness (QED) is 0.566. The number of aromatic nitrogens is 1. The molecule has 0 amide bonds. The predicted octanol–water partition coefficient (Wildman–Crippen LogP) is 2.99. The van der Waals surface area contributed by atoms with Gasteiger partial charge in [-0.05, 0) is 36.8 Å². The predicted molar refractivity (Wildman–Crippen MR) is 76.3 cm³/mol. The standard InChI is InChI=1S/C14H24N4/c1-10(2)11-6-3-4-7-12(11)16-13-8-5-9-14(17-13)18-15/h5,8-12H,3-4,6-7,15H2,1-2H3,(H2,16,17,18). The molecule has 100 valence electrons. The van der Waals surface area contributed by atoms with Crippen LogP contribution in [0.1, 0.15) is 39.5 Å². The van der Waals surface area contributed by atoms with Crippen LogP contribution in [0.4, 0.5) is 11.6 Å². The molecule has 0 aromatic carbocycles. The number of nitrogens with two attached hydrogens (primary N) is 1. The van der Waals surface area contributed by atoms with E-state index in [1.54, 1.807) is 0 Å². The first-order valence-corrected chi connectivity index (χ1v) is 6.91. The van der Waals surface area contributed by atoms with Crippen LogP contribution in [0.25, 0.3) is 0 Å². The molecule has 0 radical (unpaired) electrons. The number of nitrogens with one attached hydrogen (secondary N) is 2. The zero-order chi connectivity index (χ0) is 13.0. The minimum absolute atomic E-state index is 0.541. The zero-order valence-corrected chi connectivity index (χ0v) is 11.3. The van der Waals surface area contributed by atoms with Crippen LogP contribution in [-0.2, 0) is 0 Å². The number of nitrogens with zero attached hydrogens (tertiary/aromatic N) is 1. The molecule has 1 aromatic rings. The highest BCUT2D eigenvalue weighted by atomic mass is 15.3. The summed E-state index contributed by atoms with van der Waals surface area (Å²) in [6, 6.07) is 6.38. The molecule has 0 aliphatic heterocycles. The molecule has 1 aromatic heterocycles. The molecule has 1 heterocycles. The molecular weight excluding hydrogens is 224 g/mol. The minimum Gasteiger partial charge on any atom is -0.367 e. The summed E-state index contributed by atoms with van der Waals surface area (Å²) in [5.74, 6) is 8.48. The van der Waals surface area contributed by atoms with Gasteiger partial charge in [-0.25, -0.2) is 10.8 Å². The van der Waals surface area contributed by atoms with Gasteiger partial charge in [0.1, 0.15) is 11.6 Å². The Balaban J connectivity index is 2.05. The number of anilines is 2. The molecule has 1 fully saturated rings. The van der Waals surface area contributed by atoms with E-state index < -0.39 is 0 Å². The maximum Gasteiger partial charge on any atom is 0.142 e. The second-order valence-corrected chi connectivity index (χ2v) is 5.50. The van der Waals surface area contributed by atoms with Crippen LogP contribution in [-0.4, -0.2) is 11.0 Å². The van der Waals surface area contributed by atoms with E-state index in [2.05, 4.69) is 29.6 Å². The number of hydrazine groups is 1. The van der Waals surface area contributed by atoms with E-state index in [0.29, 0.717) is 11.9 Å². The Morgan fingerprint density at radius 2 is 1.94 bits per heavy atom. The van der Waals surface area contributed by atoms with Gasteiger partial charge in [0.15, 0.2) is 0 Å². The number of pyridine rings is 1. The van der Waals surface area contributed by atoms with E-state index in [1.165, 1.54) is 25.7 Å². The first-order chi connectivity index (χ1) is 8.70. The normalized spacial score (nSPS) is 24.0. The maximum atomic E-state index is 5.39. The van der Waals surface area contributed by atoms with Crippen molar-refractivity contribution in [2.45, 2.75) is 45.6 Å². The van der Waals surface area contributed by atoms with Crippen LogP contribution < -0.4 is 16.6 Å². The lowest BCUT2D eigenvalue weighted by atomic mass is 9.78. The lowest BCUT2D eigenvalue weighted by molar-refractivity contribution is 0.253. The third-order valence-corrected chi connectivity index (χ3v) is 3.91. The molecule has 4 heteroatoms. The lowest BCUT2D eigenvalue weighted by Crippen LogP contribution is -2.35. The zero-order valence-electron chi connectivity index (χ0n) is 11.3. The van der Waals surface area contributed by atoms with Crippen molar-refractivity contribution < 1.29 is 0 Å². The molecule has 0 bridgehead atoms. The molecule has 1 aliphatic rings. The van der Waals surface area contributed by atoms with E-state index in [4.69, 9.17) is 5.84 Å². The highest BCUT2D eigenvalue weighted by molar-refractivity contribution is 5.45. The molecule has 2 rings (SSSR count). The van der Waals surface area contributed by atoms with Gasteiger partial charge >= 0.3 is 0 Å². The van der Waals surface area contributed by atoms with Gasteiger partial charge in [-0.2, -0.15) is 0 Å². The molecule has 2 unspecified atom stereocenters. The van der Waals surface area contributed by atoms with Crippen LogP contribution >= 0.6 is 0 Å². The molecule has 0 saturated heterocycles. The average Bonchev–Trinajstić information content (AvgIpc) is 2.39. The molecule has 0 spiro atoms. The van der Waals surface area contributed by atoms with Gasteiger partial charge < -0.3 is 10.7 Å². The summed E-state index contributed by atoms with van der Waals surface area (Å²) in [5.41, 5.74) is 2.59. The van der Waals surface area contributed by atoms with Crippen LogP contribution in [0.5, 0.6) is 0 Å². The van der Waals surface area contributed by atoms with Crippen molar-refractivity contribution in [3.05, 3.63) is 18.2 Å². The van der Waals surface area contributed by atoms with Gasteiger partial charge in [-0.3, -0.25) is 0 Å². The van der Waals surface area contributed by atoms with Crippen molar-refractivity contribution >= 4 is 11.6 Å². The Morgan fingerprint density at radius 1 is 1.22 bits per heavy atom. The molecule has 2 atom stereocenters. The van der Waals surface area contributed by atoms with Crippen molar-refractivity contribution in [2.24, 2.45) is 17.7 Å². The fraction of sp³-hybridized carbons (Fsp3) is 0.643. The van der Waals surface area contributed by atoms with Gasteiger partial charge in [-0.15, -0.1) is 0 Å². The lowest BCUT2D eigenvalue weighted by Gasteiger charge is -2.35. The SMILES string of the molecule is CC(C)C1CCCCC1Nc1cccc(NN)n1. The first kappa shape index (κ1) is 13.1. The minimum atomic E-state index is 0.541. The summed E-state index contributed by atoms with van der Waals surface area (Å²) in [6.07, 6.45) is 5.24. The summed E-state index contributed by atoms with van der Waals surface area (Å²) < 4.78 is 0. The van der Waals surface area contributed by atoms with Crippen LogP contribution in [0.3, 0.4) is 0 Å². The largest absolute Gasteiger partial charge is 0.367 e. The molecule has 4 nitrogen and oxygen atoms in total. The maximum absolute atomic E-state index is 5.39. The van der Waals surface area contributed by atoms with Gasteiger partial charge in [0.25, 0.3) is 0 Å². The fourth-order valence-corrected chi connectivity index (χ4v) is 2.92. The number of nitrogen functional groups attached to an aromatic ring is 1. The summed E-state index contributed by atoms with van der Waals surface area (Å²) in [7, 11) is 0. The fourth-order valence-electron chi connectivity index (χ4n) is 2.92. The monoisotopic (exact) mass is 248 g/mol. The van der Waals surface area contributed by atoms with Crippen LogP contribution in [0, 0.1) is 11.8 Å². The summed E-state index contributed by atoms with van der Waals surface area (Å²) in [6.45, 7) is 4.63. The van der Waals surface area contributed by atoms with E-state index in [-0.39, 0.29) is 0 Å². The third-order valence-electron chi connectivity index (χ3n) is 3.91. The first-order valence-electron chi connectivity index (χ1n) is 6.91. The number of hydrogen-bond acceptors (Lipinski definition) is 4. The van der Waals surface area contributed by atoms with Gasteiger partial charge in [0.2, 0.25) is 0 Å². The summed E-state index contributed by atoms with van der Waals surface area (Å²) >= 11 is 0. The van der Waals surface area contributed by atoms with E-state index >= 15 is 0 Å². The van der Waals surface area contributed by atoms with Gasteiger partial charge in [-0.1, -0.05) is 32.8 Å². The Labute approximate surface area is 109 Å².